The Labute approximate surface area is 122 Å². The molecule has 0 aliphatic heterocycles. The average Bonchev–Trinajstić information content (AvgIpc) is 2.07. The van der Waals surface area contributed by atoms with Gasteiger partial charge in [0.25, 0.3) is 0 Å². The lowest BCUT2D eigenvalue weighted by atomic mass is 9.94. The van der Waals surface area contributed by atoms with Crippen molar-refractivity contribution >= 4 is 9.28 Å². The van der Waals surface area contributed by atoms with Crippen LogP contribution in [0.15, 0.2) is 11.3 Å². The number of allylic oxidation sites excluding steroid dienone is 1. The van der Waals surface area contributed by atoms with E-state index in [1.54, 1.807) is 0 Å². The predicted octanol–water partition coefficient (Wildman–Crippen LogP) is 4.61. The van der Waals surface area contributed by atoms with Crippen molar-refractivity contribution in [1.29, 1.82) is 0 Å². The number of rotatable bonds is 5. The fourth-order valence-electron chi connectivity index (χ4n) is 2.00. The molecule has 0 aliphatic carbocycles. The zero-order chi connectivity index (χ0) is 15.4. The summed E-state index contributed by atoms with van der Waals surface area (Å²) in [6, 6.07) is 0. The van der Waals surface area contributed by atoms with Gasteiger partial charge in [0.1, 0.15) is 0 Å². The zero-order valence-electron chi connectivity index (χ0n) is 14.6. The van der Waals surface area contributed by atoms with Gasteiger partial charge in [-0.2, -0.15) is 0 Å². The lowest BCUT2D eigenvalue weighted by Crippen LogP contribution is -2.38. The average molecular weight is 287 g/mol. The van der Waals surface area contributed by atoms with Crippen LogP contribution in [0.25, 0.3) is 0 Å². The summed E-state index contributed by atoms with van der Waals surface area (Å²) >= 11 is 0. The number of hydrogen-bond acceptors (Lipinski definition) is 2. The highest BCUT2D eigenvalue weighted by atomic mass is 28.3. The minimum Gasteiger partial charge on any atom is -0.389 e. The Balaban J connectivity index is 5.17. The van der Waals surface area contributed by atoms with Crippen molar-refractivity contribution in [3.05, 3.63) is 11.3 Å². The van der Waals surface area contributed by atoms with E-state index in [2.05, 4.69) is 74.9 Å². The first-order valence-corrected chi connectivity index (χ1v) is 9.00. The molecule has 0 spiro atoms. The smallest absolute Gasteiger partial charge is 0.349 e. The third-order valence-electron chi connectivity index (χ3n) is 2.60. The topological polar surface area (TPSA) is 18.5 Å². The molecule has 3 heteroatoms. The highest BCUT2D eigenvalue weighted by Gasteiger charge is 2.26. The maximum atomic E-state index is 6.18. The van der Waals surface area contributed by atoms with Crippen LogP contribution in [-0.4, -0.2) is 20.5 Å². The van der Waals surface area contributed by atoms with E-state index in [9.17, 15) is 0 Å². The van der Waals surface area contributed by atoms with Gasteiger partial charge in [0, 0.05) is 0 Å². The molecule has 2 nitrogen and oxygen atoms in total. The first kappa shape index (κ1) is 18.9. The second kappa shape index (κ2) is 7.05. The largest absolute Gasteiger partial charge is 0.389 e. The molecule has 0 bridgehead atoms. The fourth-order valence-corrected chi connectivity index (χ4v) is 4.66. The van der Waals surface area contributed by atoms with Gasteiger partial charge in [-0.15, -0.1) is 0 Å². The van der Waals surface area contributed by atoms with E-state index in [1.165, 1.54) is 5.57 Å². The highest BCUT2D eigenvalue weighted by molar-refractivity contribution is 6.51. The van der Waals surface area contributed by atoms with Crippen molar-refractivity contribution in [3.8, 4) is 0 Å². The van der Waals surface area contributed by atoms with Crippen molar-refractivity contribution in [1.82, 2.24) is 0 Å². The number of hydrogen-bond donors (Lipinski definition) is 0. The molecule has 0 unspecified atom stereocenters. The van der Waals surface area contributed by atoms with E-state index >= 15 is 0 Å². The van der Waals surface area contributed by atoms with Gasteiger partial charge in [0.05, 0.1) is 11.2 Å². The second-order valence-corrected chi connectivity index (χ2v) is 9.35. The van der Waals surface area contributed by atoms with Gasteiger partial charge in [-0.1, -0.05) is 33.3 Å². The minimum atomic E-state index is -1.82. The van der Waals surface area contributed by atoms with Crippen molar-refractivity contribution in [2.45, 2.75) is 80.4 Å². The molecular weight excluding hydrogens is 252 g/mol. The molecule has 0 radical (unpaired) electrons. The minimum absolute atomic E-state index is 0.155. The molecule has 0 N–H and O–H groups in total. The molecule has 0 saturated carbocycles. The first-order valence-electron chi connectivity index (χ1n) is 7.39. The van der Waals surface area contributed by atoms with Crippen molar-refractivity contribution in [2.24, 2.45) is 11.8 Å². The lowest BCUT2D eigenvalue weighted by molar-refractivity contribution is 0.0398. The van der Waals surface area contributed by atoms with Crippen molar-refractivity contribution in [3.63, 3.8) is 0 Å². The summed E-state index contributed by atoms with van der Waals surface area (Å²) in [4.78, 5) is 0. The zero-order valence-corrected chi connectivity index (χ0v) is 15.8. The standard InChI is InChI=1S/C16H34O2Si/c1-12(2)14(13(3)4)11-19(17-15(5,6)7)18-16(8,9)10/h11-13,19H,1-10H3. The highest BCUT2D eigenvalue weighted by Crippen LogP contribution is 2.23. The predicted molar refractivity (Wildman–Crippen MR) is 86.6 cm³/mol. The van der Waals surface area contributed by atoms with Crippen molar-refractivity contribution < 1.29 is 8.85 Å². The molecule has 0 amide bonds. The van der Waals surface area contributed by atoms with Crippen LogP contribution >= 0.6 is 0 Å². The molecule has 114 valence electrons. The van der Waals surface area contributed by atoms with Crippen molar-refractivity contribution in [2.75, 3.05) is 0 Å². The molecule has 19 heavy (non-hydrogen) atoms. The fraction of sp³-hybridized carbons (Fsp3) is 0.875. The molecule has 0 heterocycles. The van der Waals surface area contributed by atoms with Gasteiger partial charge in [-0.3, -0.25) is 0 Å². The Morgan fingerprint density at radius 3 is 1.32 bits per heavy atom. The van der Waals surface area contributed by atoms with Crippen LogP contribution in [0.3, 0.4) is 0 Å². The Hall–Kier alpha value is -0.123. The molecule has 0 aromatic rings. The van der Waals surface area contributed by atoms with Gasteiger partial charge in [-0.25, -0.2) is 0 Å². The van der Waals surface area contributed by atoms with Crippen LogP contribution in [-0.2, 0) is 8.85 Å². The van der Waals surface area contributed by atoms with Crippen LogP contribution in [0, 0.1) is 11.8 Å². The van der Waals surface area contributed by atoms with Crippen LogP contribution in [0.5, 0.6) is 0 Å². The van der Waals surface area contributed by atoms with E-state index in [4.69, 9.17) is 8.85 Å². The molecule has 0 saturated heterocycles. The SMILES string of the molecule is CC(C)C(=C[SiH](OC(C)(C)C)OC(C)(C)C)C(C)C. The van der Waals surface area contributed by atoms with E-state index in [0.717, 1.165) is 0 Å². The van der Waals surface area contributed by atoms with Gasteiger partial charge in [0.2, 0.25) is 0 Å². The first-order chi connectivity index (χ1) is 8.32. The molecule has 0 rings (SSSR count). The molecule has 0 aliphatic rings. The quantitative estimate of drug-likeness (QED) is 0.687. The van der Waals surface area contributed by atoms with E-state index in [1.807, 2.05) is 0 Å². The van der Waals surface area contributed by atoms with Gasteiger partial charge < -0.3 is 8.85 Å². The summed E-state index contributed by atoms with van der Waals surface area (Å²) in [5.74, 6) is 1.09. The third kappa shape index (κ3) is 9.42. The lowest BCUT2D eigenvalue weighted by Gasteiger charge is -2.31. The Kier molecular flexibility index (Phi) is 7.00. The van der Waals surface area contributed by atoms with E-state index in [-0.39, 0.29) is 11.2 Å². The van der Waals surface area contributed by atoms with Crippen LogP contribution in [0.4, 0.5) is 0 Å². The summed E-state index contributed by atoms with van der Waals surface area (Å²) < 4.78 is 12.4. The molecule has 0 aromatic carbocycles. The summed E-state index contributed by atoms with van der Waals surface area (Å²) in [7, 11) is -1.82. The Bertz CT molecular complexity index is 267. The summed E-state index contributed by atoms with van der Waals surface area (Å²) in [6.07, 6.45) is 0. The van der Waals surface area contributed by atoms with Crippen LogP contribution < -0.4 is 0 Å². The van der Waals surface area contributed by atoms with E-state index < -0.39 is 9.28 Å². The van der Waals surface area contributed by atoms with E-state index in [0.29, 0.717) is 11.8 Å². The molecule has 0 atom stereocenters. The second-order valence-electron chi connectivity index (χ2n) is 7.80. The van der Waals surface area contributed by atoms with Gasteiger partial charge in [0.15, 0.2) is 0 Å². The van der Waals surface area contributed by atoms with Crippen LogP contribution in [0.2, 0.25) is 0 Å². The maximum absolute atomic E-state index is 6.18. The summed E-state index contributed by atoms with van der Waals surface area (Å²) in [5.41, 5.74) is 3.44. The molecule has 0 aromatic heterocycles. The third-order valence-corrected chi connectivity index (χ3v) is 5.14. The van der Waals surface area contributed by atoms with Gasteiger partial charge >= 0.3 is 9.28 Å². The normalized spacial score (nSPS) is 13.5. The monoisotopic (exact) mass is 286 g/mol. The molecular formula is C16H34O2Si. The van der Waals surface area contributed by atoms with Crippen LogP contribution in [0.1, 0.15) is 69.2 Å². The maximum Gasteiger partial charge on any atom is 0.349 e. The van der Waals surface area contributed by atoms with Gasteiger partial charge in [-0.05, 0) is 59.1 Å². The molecule has 0 fully saturated rings. The Morgan fingerprint density at radius 1 is 0.789 bits per heavy atom. The Morgan fingerprint density at radius 2 is 1.11 bits per heavy atom. The summed E-state index contributed by atoms with van der Waals surface area (Å²) in [6.45, 7) is 21.5. The summed E-state index contributed by atoms with van der Waals surface area (Å²) in [5, 5.41) is 0.